The number of benzene rings is 1. The van der Waals surface area contributed by atoms with E-state index in [1.807, 2.05) is 31.7 Å². The van der Waals surface area contributed by atoms with E-state index in [9.17, 15) is 4.39 Å². The minimum atomic E-state index is -0.145. The minimum Gasteiger partial charge on any atom is -0.324 e. The van der Waals surface area contributed by atoms with E-state index >= 15 is 0 Å². The molecule has 3 atom stereocenters. The number of hydrogen-bond donors (Lipinski definition) is 1. The predicted molar refractivity (Wildman–Crippen MR) is 81.0 cm³/mol. The zero-order chi connectivity index (χ0) is 14.0. The van der Waals surface area contributed by atoms with Crippen molar-refractivity contribution in [3.8, 4) is 0 Å². The smallest absolute Gasteiger partial charge is 0.126 e. The van der Waals surface area contributed by atoms with E-state index < -0.39 is 0 Å². The van der Waals surface area contributed by atoms with E-state index in [2.05, 4.69) is 6.92 Å². The summed E-state index contributed by atoms with van der Waals surface area (Å²) in [5.41, 5.74) is 7.65. The summed E-state index contributed by atoms with van der Waals surface area (Å²) in [6, 6.07) is 3.48. The highest BCUT2D eigenvalue weighted by Crippen LogP contribution is 2.39. The zero-order valence-electron chi connectivity index (χ0n) is 12.1. The molecule has 1 aromatic rings. The van der Waals surface area contributed by atoms with Gasteiger partial charge in [0.05, 0.1) is 0 Å². The van der Waals surface area contributed by atoms with Gasteiger partial charge in [-0.25, -0.2) is 4.39 Å². The van der Waals surface area contributed by atoms with Crippen LogP contribution in [0.15, 0.2) is 17.0 Å². The van der Waals surface area contributed by atoms with Crippen molar-refractivity contribution in [3.63, 3.8) is 0 Å². The van der Waals surface area contributed by atoms with E-state index in [0.29, 0.717) is 5.25 Å². The van der Waals surface area contributed by atoms with Crippen LogP contribution < -0.4 is 5.73 Å². The number of rotatable bonds is 3. The molecule has 0 amide bonds. The maximum atomic E-state index is 13.7. The molecule has 19 heavy (non-hydrogen) atoms. The lowest BCUT2D eigenvalue weighted by atomic mass is 9.91. The standard InChI is InChI=1S/C16H24FNS/c1-10-5-4-6-13(7-10)19-16-8-11(2)15(17)9-14(16)12(3)18/h8-10,12-13H,4-7,18H2,1-3H3/t10?,12-,13?/m1/s1. The van der Waals surface area contributed by atoms with Gasteiger partial charge < -0.3 is 5.73 Å². The number of nitrogens with two attached hydrogens (primary N) is 1. The lowest BCUT2D eigenvalue weighted by Gasteiger charge is -2.27. The topological polar surface area (TPSA) is 26.0 Å². The highest BCUT2D eigenvalue weighted by molar-refractivity contribution is 8.00. The molecule has 1 aliphatic carbocycles. The molecule has 2 N–H and O–H groups in total. The van der Waals surface area contributed by atoms with Crippen LogP contribution in [0.3, 0.4) is 0 Å². The maximum absolute atomic E-state index is 13.7. The van der Waals surface area contributed by atoms with Crippen molar-refractivity contribution < 1.29 is 4.39 Å². The highest BCUT2D eigenvalue weighted by Gasteiger charge is 2.22. The Kier molecular flexibility index (Phi) is 4.91. The normalized spacial score (nSPS) is 25.3. The van der Waals surface area contributed by atoms with E-state index in [1.165, 1.54) is 30.6 Å². The molecule has 3 heteroatoms. The molecule has 1 nitrogen and oxygen atoms in total. The largest absolute Gasteiger partial charge is 0.324 e. The van der Waals surface area contributed by atoms with Crippen molar-refractivity contribution in [2.24, 2.45) is 11.7 Å². The second-order valence-corrected chi connectivity index (χ2v) is 7.28. The molecule has 0 radical (unpaired) electrons. The summed E-state index contributed by atoms with van der Waals surface area (Å²) >= 11 is 1.90. The van der Waals surface area contributed by atoms with Crippen molar-refractivity contribution in [2.75, 3.05) is 0 Å². The van der Waals surface area contributed by atoms with Crippen molar-refractivity contribution >= 4 is 11.8 Å². The third-order valence-corrected chi connectivity index (χ3v) is 5.33. The van der Waals surface area contributed by atoms with E-state index in [0.717, 1.165) is 17.0 Å². The third-order valence-electron chi connectivity index (χ3n) is 3.96. The summed E-state index contributed by atoms with van der Waals surface area (Å²) in [7, 11) is 0. The molecule has 0 spiro atoms. The second kappa shape index (κ2) is 6.27. The lowest BCUT2D eigenvalue weighted by molar-refractivity contribution is 0.394. The first-order valence-electron chi connectivity index (χ1n) is 7.19. The fraction of sp³-hybridized carbons (Fsp3) is 0.625. The summed E-state index contributed by atoms with van der Waals surface area (Å²) in [6.07, 6.45) is 5.19. The third kappa shape index (κ3) is 3.73. The first kappa shape index (κ1) is 14.9. The second-order valence-electron chi connectivity index (χ2n) is 5.94. The van der Waals surface area contributed by atoms with Gasteiger partial charge in [0.15, 0.2) is 0 Å². The monoisotopic (exact) mass is 281 g/mol. The average Bonchev–Trinajstić information content (AvgIpc) is 2.33. The Morgan fingerprint density at radius 3 is 2.74 bits per heavy atom. The first-order chi connectivity index (χ1) is 8.97. The Labute approximate surface area is 120 Å². The number of halogens is 1. The Morgan fingerprint density at radius 2 is 2.11 bits per heavy atom. The highest BCUT2D eigenvalue weighted by atomic mass is 32.2. The van der Waals surface area contributed by atoms with Gasteiger partial charge >= 0.3 is 0 Å². The van der Waals surface area contributed by atoms with Gasteiger partial charge in [-0.05, 0) is 55.9 Å². The Hall–Kier alpha value is -0.540. The molecule has 0 aliphatic heterocycles. The van der Waals surface area contributed by atoms with Crippen molar-refractivity contribution in [1.29, 1.82) is 0 Å². The van der Waals surface area contributed by atoms with Gasteiger partial charge in [-0.15, -0.1) is 11.8 Å². The van der Waals surface area contributed by atoms with Crippen LogP contribution in [0.5, 0.6) is 0 Å². The van der Waals surface area contributed by atoms with Crippen LogP contribution in [0.1, 0.15) is 56.7 Å². The van der Waals surface area contributed by atoms with E-state index in [1.54, 1.807) is 6.07 Å². The van der Waals surface area contributed by atoms with Crippen LogP contribution >= 0.6 is 11.8 Å². The molecule has 0 aromatic heterocycles. The molecule has 2 unspecified atom stereocenters. The maximum Gasteiger partial charge on any atom is 0.126 e. The predicted octanol–water partition coefficient (Wildman–Crippen LogP) is 4.82. The van der Waals surface area contributed by atoms with Gasteiger partial charge in [-0.3, -0.25) is 0 Å². The van der Waals surface area contributed by atoms with Crippen LogP contribution in [0.4, 0.5) is 4.39 Å². The van der Waals surface area contributed by atoms with Gasteiger partial charge in [-0.2, -0.15) is 0 Å². The summed E-state index contributed by atoms with van der Waals surface area (Å²) in [5, 5.41) is 0.658. The zero-order valence-corrected chi connectivity index (χ0v) is 12.9. The average molecular weight is 281 g/mol. The fourth-order valence-electron chi connectivity index (χ4n) is 2.79. The van der Waals surface area contributed by atoms with Crippen LogP contribution in [0, 0.1) is 18.7 Å². The molecule has 0 heterocycles. The molecule has 1 fully saturated rings. The molecule has 106 valence electrons. The first-order valence-corrected chi connectivity index (χ1v) is 8.07. The molecule has 0 saturated heterocycles. The molecule has 1 aliphatic rings. The fourth-order valence-corrected chi connectivity index (χ4v) is 4.49. The summed E-state index contributed by atoms with van der Waals surface area (Å²) < 4.78 is 13.7. The Morgan fingerprint density at radius 1 is 1.37 bits per heavy atom. The molecule has 2 rings (SSSR count). The summed E-state index contributed by atoms with van der Waals surface area (Å²) in [6.45, 7) is 6.08. The van der Waals surface area contributed by atoms with Crippen LogP contribution in [-0.4, -0.2) is 5.25 Å². The van der Waals surface area contributed by atoms with Gasteiger partial charge in [0.2, 0.25) is 0 Å². The number of hydrogen-bond acceptors (Lipinski definition) is 2. The minimum absolute atomic E-state index is 0.112. The Bertz CT molecular complexity index is 445. The Balaban J connectivity index is 2.20. The van der Waals surface area contributed by atoms with Gasteiger partial charge in [0, 0.05) is 16.2 Å². The van der Waals surface area contributed by atoms with Crippen LogP contribution in [0.2, 0.25) is 0 Å². The molecule has 1 saturated carbocycles. The van der Waals surface area contributed by atoms with Crippen molar-refractivity contribution in [2.45, 2.75) is 62.6 Å². The van der Waals surface area contributed by atoms with Crippen molar-refractivity contribution in [3.05, 3.63) is 29.1 Å². The van der Waals surface area contributed by atoms with E-state index in [-0.39, 0.29) is 11.9 Å². The quantitative estimate of drug-likeness (QED) is 0.859. The summed E-state index contributed by atoms with van der Waals surface area (Å²) in [5.74, 6) is 0.667. The number of thioether (sulfide) groups is 1. The number of aryl methyl sites for hydroxylation is 1. The molecule has 1 aromatic carbocycles. The lowest BCUT2D eigenvalue weighted by Crippen LogP contribution is -2.16. The van der Waals surface area contributed by atoms with E-state index in [4.69, 9.17) is 5.73 Å². The molecule has 0 bridgehead atoms. The van der Waals surface area contributed by atoms with Crippen molar-refractivity contribution in [1.82, 2.24) is 0 Å². The van der Waals surface area contributed by atoms with Crippen LogP contribution in [-0.2, 0) is 0 Å². The van der Waals surface area contributed by atoms with Gasteiger partial charge in [0.1, 0.15) is 5.82 Å². The SMILES string of the molecule is Cc1cc(SC2CCCC(C)C2)c([C@@H](C)N)cc1F. The summed E-state index contributed by atoms with van der Waals surface area (Å²) in [4.78, 5) is 1.17. The van der Waals surface area contributed by atoms with Gasteiger partial charge in [0.25, 0.3) is 0 Å². The molecular weight excluding hydrogens is 257 g/mol. The van der Waals surface area contributed by atoms with Crippen LogP contribution in [0.25, 0.3) is 0 Å². The van der Waals surface area contributed by atoms with Gasteiger partial charge in [-0.1, -0.05) is 19.8 Å². The molecular formula is C16H24FNS.